The SMILES string of the molecule is O=P(O)(O)OP(=O)(O)OC[C@H]1O[C@@H](n2cnc3c(NCc4ccccc4)nc(Cl)nc32)[C@H](O)[C@@H]1O. The molecule has 3 heterocycles. The molecule has 1 aliphatic heterocycles. The average Bonchev–Trinajstić information content (AvgIpc) is 3.31. The van der Waals surface area contributed by atoms with Crippen molar-refractivity contribution < 1.29 is 47.6 Å². The molecule has 15 nitrogen and oxygen atoms in total. The van der Waals surface area contributed by atoms with Gasteiger partial charge in [-0.25, -0.2) is 14.1 Å². The minimum Gasteiger partial charge on any atom is -0.387 e. The summed E-state index contributed by atoms with van der Waals surface area (Å²) in [6, 6.07) is 9.47. The summed E-state index contributed by atoms with van der Waals surface area (Å²) >= 11 is 6.08. The van der Waals surface area contributed by atoms with Crippen LogP contribution in [-0.2, 0) is 29.2 Å². The van der Waals surface area contributed by atoms with E-state index in [9.17, 15) is 24.2 Å². The van der Waals surface area contributed by atoms with Crippen LogP contribution in [-0.4, -0.2) is 69.3 Å². The van der Waals surface area contributed by atoms with Gasteiger partial charge < -0.3 is 34.9 Å². The lowest BCUT2D eigenvalue weighted by molar-refractivity contribution is -0.0503. The van der Waals surface area contributed by atoms with E-state index in [2.05, 4.69) is 29.1 Å². The van der Waals surface area contributed by atoms with Crippen molar-refractivity contribution in [3.63, 3.8) is 0 Å². The highest BCUT2D eigenvalue weighted by Gasteiger charge is 2.46. The van der Waals surface area contributed by atoms with E-state index >= 15 is 0 Å². The Labute approximate surface area is 202 Å². The molecular formula is C17H20ClN5O10P2. The zero-order valence-electron chi connectivity index (χ0n) is 17.5. The Morgan fingerprint density at radius 1 is 1.11 bits per heavy atom. The first-order chi connectivity index (χ1) is 16.4. The Balaban J connectivity index is 1.52. The Morgan fingerprint density at radius 2 is 1.83 bits per heavy atom. The molecule has 5 atom stereocenters. The molecule has 6 N–H and O–H groups in total. The highest BCUT2D eigenvalue weighted by Crippen LogP contribution is 2.57. The van der Waals surface area contributed by atoms with Gasteiger partial charge in [-0.15, -0.1) is 0 Å². The van der Waals surface area contributed by atoms with Gasteiger partial charge in [0.15, 0.2) is 23.2 Å². The van der Waals surface area contributed by atoms with Crippen molar-refractivity contribution in [2.75, 3.05) is 11.9 Å². The quantitative estimate of drug-likeness (QED) is 0.161. The van der Waals surface area contributed by atoms with Gasteiger partial charge in [0.25, 0.3) is 0 Å². The second-order valence-corrected chi connectivity index (χ2v) is 10.6. The fraction of sp³-hybridized carbons (Fsp3) is 0.353. The van der Waals surface area contributed by atoms with Crippen molar-refractivity contribution in [3.05, 3.63) is 47.5 Å². The van der Waals surface area contributed by atoms with Crippen LogP contribution >= 0.6 is 27.2 Å². The summed E-state index contributed by atoms with van der Waals surface area (Å²) in [6.07, 6.45) is -4.53. The van der Waals surface area contributed by atoms with E-state index in [0.29, 0.717) is 17.9 Å². The van der Waals surface area contributed by atoms with Crippen LogP contribution in [0, 0.1) is 0 Å². The lowest BCUT2D eigenvalue weighted by Crippen LogP contribution is -2.33. The highest BCUT2D eigenvalue weighted by molar-refractivity contribution is 7.60. The van der Waals surface area contributed by atoms with Gasteiger partial charge in [0.05, 0.1) is 12.9 Å². The number of benzene rings is 1. The Bertz CT molecular complexity index is 1290. The van der Waals surface area contributed by atoms with Crippen LogP contribution < -0.4 is 5.32 Å². The molecule has 4 rings (SSSR count). The van der Waals surface area contributed by atoms with Crippen molar-refractivity contribution in [1.29, 1.82) is 0 Å². The largest absolute Gasteiger partial charge is 0.481 e. The Hall–Kier alpha value is -2.00. The van der Waals surface area contributed by atoms with E-state index in [4.69, 9.17) is 26.1 Å². The van der Waals surface area contributed by atoms with Crippen molar-refractivity contribution in [1.82, 2.24) is 19.5 Å². The third kappa shape index (κ3) is 6.23. The number of aromatic nitrogens is 4. The highest BCUT2D eigenvalue weighted by atomic mass is 35.5. The number of fused-ring (bicyclic) bond motifs is 1. The number of hydrogen-bond acceptors (Lipinski definition) is 11. The second-order valence-electron chi connectivity index (χ2n) is 7.39. The Kier molecular flexibility index (Phi) is 7.57. The topological polar surface area (TPSA) is 219 Å². The molecule has 1 aliphatic rings. The van der Waals surface area contributed by atoms with Crippen molar-refractivity contribution in [2.45, 2.75) is 31.1 Å². The standard InChI is InChI=1S/C17H20ClN5O10P2/c18-17-21-14(19-6-9-4-2-1-3-5-9)11-15(22-17)23(8-20-11)16-13(25)12(24)10(32-16)7-31-35(29,30)33-34(26,27)28/h1-5,8,10,12-13,16,24-25H,6-7H2,(H,29,30)(H,19,21,22)(H2,26,27,28)/t10-,12-,13-,16-/m1/s1. The number of rotatable bonds is 9. The molecular weight excluding hydrogens is 532 g/mol. The summed E-state index contributed by atoms with van der Waals surface area (Å²) in [5, 5.41) is 23.8. The van der Waals surface area contributed by atoms with Gasteiger partial charge in [-0.2, -0.15) is 14.3 Å². The lowest BCUT2D eigenvalue weighted by atomic mass is 10.1. The first-order valence-corrected chi connectivity index (χ1v) is 13.3. The van der Waals surface area contributed by atoms with Gasteiger partial charge in [0.1, 0.15) is 18.3 Å². The maximum Gasteiger partial charge on any atom is 0.481 e. The number of halogens is 1. The van der Waals surface area contributed by atoms with E-state index in [0.717, 1.165) is 5.56 Å². The average molecular weight is 552 g/mol. The molecule has 190 valence electrons. The molecule has 1 fully saturated rings. The third-order valence-corrected chi connectivity index (χ3v) is 7.24. The molecule has 2 aromatic heterocycles. The maximum atomic E-state index is 11.7. The predicted octanol–water partition coefficient (Wildman–Crippen LogP) is 0.937. The first kappa shape index (κ1) is 26.1. The molecule has 0 saturated carbocycles. The number of phosphoric ester groups is 1. The summed E-state index contributed by atoms with van der Waals surface area (Å²) < 4.78 is 37.5. The van der Waals surface area contributed by atoms with E-state index in [1.807, 2.05) is 30.3 Å². The number of aliphatic hydroxyl groups excluding tert-OH is 2. The van der Waals surface area contributed by atoms with Gasteiger partial charge in [-0.1, -0.05) is 30.3 Å². The molecule has 3 aromatic rings. The van der Waals surface area contributed by atoms with Crippen LogP contribution in [0.25, 0.3) is 11.2 Å². The van der Waals surface area contributed by atoms with Crippen molar-refractivity contribution >= 4 is 44.2 Å². The number of imidazole rings is 1. The van der Waals surface area contributed by atoms with Crippen molar-refractivity contribution in [2.24, 2.45) is 0 Å². The van der Waals surface area contributed by atoms with Gasteiger partial charge in [0, 0.05) is 6.54 Å². The van der Waals surface area contributed by atoms with Crippen LogP contribution in [0.15, 0.2) is 36.7 Å². The summed E-state index contributed by atoms with van der Waals surface area (Å²) in [4.78, 5) is 39.3. The van der Waals surface area contributed by atoms with Crippen LogP contribution in [0.5, 0.6) is 0 Å². The number of nitrogens with one attached hydrogen (secondary N) is 1. The minimum atomic E-state index is -5.33. The number of aliphatic hydroxyl groups is 2. The molecule has 18 heteroatoms. The second kappa shape index (κ2) is 10.2. The Morgan fingerprint density at radius 3 is 2.51 bits per heavy atom. The van der Waals surface area contributed by atoms with Crippen LogP contribution in [0.1, 0.15) is 11.8 Å². The molecule has 1 saturated heterocycles. The molecule has 0 radical (unpaired) electrons. The van der Waals surface area contributed by atoms with Gasteiger partial charge in [0.2, 0.25) is 5.28 Å². The number of phosphoric acid groups is 2. The van der Waals surface area contributed by atoms with Crippen LogP contribution in [0.2, 0.25) is 5.28 Å². The fourth-order valence-corrected chi connectivity index (χ4v) is 5.17. The van der Waals surface area contributed by atoms with Crippen LogP contribution in [0.3, 0.4) is 0 Å². The molecule has 35 heavy (non-hydrogen) atoms. The number of anilines is 1. The van der Waals surface area contributed by atoms with E-state index in [1.165, 1.54) is 10.9 Å². The van der Waals surface area contributed by atoms with E-state index in [-0.39, 0.29) is 10.9 Å². The maximum absolute atomic E-state index is 11.7. The third-order valence-electron chi connectivity index (χ3n) is 4.92. The summed E-state index contributed by atoms with van der Waals surface area (Å²) in [5.74, 6) is 0.311. The van der Waals surface area contributed by atoms with E-state index in [1.54, 1.807) is 0 Å². The first-order valence-electron chi connectivity index (χ1n) is 9.87. The monoisotopic (exact) mass is 551 g/mol. The van der Waals surface area contributed by atoms with Crippen molar-refractivity contribution in [3.8, 4) is 0 Å². The number of hydrogen-bond donors (Lipinski definition) is 6. The zero-order valence-corrected chi connectivity index (χ0v) is 20.1. The van der Waals surface area contributed by atoms with E-state index < -0.39 is 46.8 Å². The predicted molar refractivity (Wildman–Crippen MR) is 119 cm³/mol. The summed E-state index contributed by atoms with van der Waals surface area (Å²) in [7, 11) is -10.5. The molecule has 0 amide bonds. The van der Waals surface area contributed by atoms with Crippen LogP contribution in [0.4, 0.5) is 5.82 Å². The summed E-state index contributed by atoms with van der Waals surface area (Å²) in [6.45, 7) is -0.427. The number of nitrogens with zero attached hydrogens (tertiary/aromatic N) is 4. The molecule has 0 aliphatic carbocycles. The van der Waals surface area contributed by atoms with Gasteiger partial charge in [-0.3, -0.25) is 9.09 Å². The van der Waals surface area contributed by atoms with Gasteiger partial charge in [-0.05, 0) is 17.2 Å². The summed E-state index contributed by atoms with van der Waals surface area (Å²) in [5.41, 5.74) is 1.43. The fourth-order valence-electron chi connectivity index (χ4n) is 3.40. The zero-order chi connectivity index (χ0) is 25.4. The number of ether oxygens (including phenoxy) is 1. The normalized spacial score (nSPS) is 24.5. The minimum absolute atomic E-state index is 0.126. The smallest absolute Gasteiger partial charge is 0.387 e. The van der Waals surface area contributed by atoms with Gasteiger partial charge >= 0.3 is 15.6 Å². The molecule has 0 bridgehead atoms. The molecule has 0 spiro atoms. The molecule has 1 aromatic carbocycles. The molecule has 1 unspecified atom stereocenters. The lowest BCUT2D eigenvalue weighted by Gasteiger charge is -2.17.